The van der Waals surface area contributed by atoms with Gasteiger partial charge in [0.2, 0.25) is 5.91 Å². The fourth-order valence-corrected chi connectivity index (χ4v) is 5.94. The minimum Gasteiger partial charge on any atom is -0.387 e. The SMILES string of the molecule is CC/C=C\C/C=C\C/C=C\C/C=C\C/C=C\C/C=C\C/C=C\C/C=C\C/C=C\CCCCCC(=O)NC(COP(=O)(O)OCC[N+](C)(C)C)C(O)/C=C/CCCCC. The summed E-state index contributed by atoms with van der Waals surface area (Å²) in [7, 11) is 1.52. The third-order valence-electron chi connectivity index (χ3n) is 8.69. The van der Waals surface area contributed by atoms with E-state index >= 15 is 0 Å². The zero-order chi connectivity index (χ0) is 42.8. The van der Waals surface area contributed by atoms with Crippen molar-refractivity contribution in [3.05, 3.63) is 122 Å². The topological polar surface area (TPSA) is 105 Å². The maximum absolute atomic E-state index is 12.7. The summed E-state index contributed by atoms with van der Waals surface area (Å²) >= 11 is 0. The number of rotatable bonds is 37. The molecule has 0 saturated carbocycles. The highest BCUT2D eigenvalue weighted by Crippen LogP contribution is 2.43. The fraction of sp³-hybridized carbons (Fsp3) is 0.571. The number of nitrogens with one attached hydrogen (secondary N) is 1. The second-order valence-corrected chi connectivity index (χ2v) is 16.8. The van der Waals surface area contributed by atoms with Crippen LogP contribution < -0.4 is 5.32 Å². The average Bonchev–Trinajstić information content (AvgIpc) is 3.17. The maximum Gasteiger partial charge on any atom is 0.472 e. The molecule has 3 N–H and O–H groups in total. The van der Waals surface area contributed by atoms with Gasteiger partial charge in [0, 0.05) is 6.42 Å². The van der Waals surface area contributed by atoms with Crippen LogP contribution in [0.5, 0.6) is 0 Å². The largest absolute Gasteiger partial charge is 0.472 e. The molecule has 3 unspecified atom stereocenters. The normalized spacial score (nSPS) is 15.5. The van der Waals surface area contributed by atoms with Crippen LogP contribution in [-0.2, 0) is 18.4 Å². The van der Waals surface area contributed by atoms with Gasteiger partial charge in [-0.25, -0.2) is 4.57 Å². The first-order valence-corrected chi connectivity index (χ1v) is 23.4. The van der Waals surface area contributed by atoms with Crippen molar-refractivity contribution < 1.29 is 32.9 Å². The van der Waals surface area contributed by atoms with Gasteiger partial charge < -0.3 is 19.8 Å². The van der Waals surface area contributed by atoms with Crippen molar-refractivity contribution in [3.63, 3.8) is 0 Å². The molecule has 0 saturated heterocycles. The molecule has 0 bridgehead atoms. The number of amides is 1. The number of carbonyl (C=O) groups is 1. The lowest BCUT2D eigenvalue weighted by atomic mass is 10.1. The molecule has 0 radical (unpaired) electrons. The van der Waals surface area contributed by atoms with E-state index in [-0.39, 0.29) is 19.1 Å². The van der Waals surface area contributed by atoms with Gasteiger partial charge in [0.05, 0.1) is 39.9 Å². The lowest BCUT2D eigenvalue weighted by Gasteiger charge is -2.25. The number of unbranched alkanes of at least 4 members (excludes halogenated alkanes) is 6. The van der Waals surface area contributed by atoms with E-state index in [1.54, 1.807) is 6.08 Å². The van der Waals surface area contributed by atoms with Crippen LogP contribution in [0.25, 0.3) is 0 Å². The molecule has 0 heterocycles. The molecule has 0 aromatic heterocycles. The zero-order valence-electron chi connectivity index (χ0n) is 37.0. The lowest BCUT2D eigenvalue weighted by Crippen LogP contribution is -2.45. The number of hydrogen-bond acceptors (Lipinski definition) is 5. The molecule has 0 aliphatic heterocycles. The smallest absolute Gasteiger partial charge is 0.387 e. The number of nitrogens with zero attached hydrogens (tertiary/aromatic N) is 1. The Morgan fingerprint density at radius 1 is 0.603 bits per heavy atom. The molecule has 0 spiro atoms. The fourth-order valence-electron chi connectivity index (χ4n) is 5.21. The van der Waals surface area contributed by atoms with Crippen molar-refractivity contribution in [3.8, 4) is 0 Å². The molecule has 9 heteroatoms. The Hall–Kier alpha value is -3.10. The number of aliphatic hydroxyl groups is 1. The standard InChI is InChI=1S/C49H81N2O6P/c1-6-8-10-12-13-14-15-16-17-18-19-20-21-22-23-24-25-26-27-28-29-30-31-32-33-34-35-36-37-39-41-43-49(53)50-47(48(52)42-40-38-11-9-7-2)46-57-58(54,55)56-45-44-51(3,4)5/h8,10,13-14,16-17,19-20,22-23,25-26,28-29,31-32,34-35,40,42,47-48,52H,6-7,9,11-12,15,18,21,24,27,30,33,36-39,41,43-46H2,1-5H3,(H-,50,53,54,55)/p+1/b10-8-,14-13-,17-16-,20-19-,23-22-,26-25-,29-28-,32-31-,35-34-,42-40+. The molecular formula is C49H82N2O6P+. The summed E-state index contributed by atoms with van der Waals surface area (Å²) in [6, 6.07) is -0.869. The van der Waals surface area contributed by atoms with Crippen LogP contribution in [-0.4, -0.2) is 73.4 Å². The summed E-state index contributed by atoms with van der Waals surface area (Å²) in [6.07, 6.45) is 59.0. The van der Waals surface area contributed by atoms with Crippen LogP contribution >= 0.6 is 7.82 Å². The molecule has 0 aliphatic carbocycles. The molecule has 0 aromatic carbocycles. The molecule has 3 atom stereocenters. The third kappa shape index (κ3) is 41.1. The van der Waals surface area contributed by atoms with E-state index < -0.39 is 20.0 Å². The van der Waals surface area contributed by atoms with Crippen molar-refractivity contribution in [2.24, 2.45) is 0 Å². The van der Waals surface area contributed by atoms with E-state index in [1.807, 2.05) is 27.2 Å². The summed E-state index contributed by atoms with van der Waals surface area (Å²) in [4.78, 5) is 22.9. The summed E-state index contributed by atoms with van der Waals surface area (Å²) in [5, 5.41) is 13.6. The van der Waals surface area contributed by atoms with Crippen molar-refractivity contribution in [1.29, 1.82) is 0 Å². The first-order chi connectivity index (χ1) is 28.0. The van der Waals surface area contributed by atoms with Gasteiger partial charge in [-0.15, -0.1) is 0 Å². The quantitative estimate of drug-likeness (QED) is 0.0249. The maximum atomic E-state index is 12.7. The number of carbonyl (C=O) groups excluding carboxylic acids is 1. The molecule has 8 nitrogen and oxygen atoms in total. The minimum atomic E-state index is -4.34. The van der Waals surface area contributed by atoms with E-state index in [0.717, 1.165) is 103 Å². The Kier molecular flexibility index (Phi) is 37.3. The van der Waals surface area contributed by atoms with E-state index in [9.17, 15) is 19.4 Å². The molecule has 58 heavy (non-hydrogen) atoms. The summed E-state index contributed by atoms with van der Waals surface area (Å²) in [5.74, 6) is -0.224. The van der Waals surface area contributed by atoms with Gasteiger partial charge in [0.1, 0.15) is 13.2 Å². The van der Waals surface area contributed by atoms with Crippen LogP contribution in [0.2, 0.25) is 0 Å². The Morgan fingerprint density at radius 3 is 1.48 bits per heavy atom. The number of aliphatic hydroxyl groups excluding tert-OH is 1. The summed E-state index contributed by atoms with van der Waals surface area (Å²) < 4.78 is 23.3. The van der Waals surface area contributed by atoms with Crippen LogP contribution in [0.4, 0.5) is 0 Å². The Labute approximate surface area is 354 Å². The summed E-state index contributed by atoms with van der Waals surface area (Å²) in [6.45, 7) is 4.51. The molecule has 328 valence electrons. The van der Waals surface area contributed by atoms with Gasteiger partial charge >= 0.3 is 7.82 Å². The van der Waals surface area contributed by atoms with Crippen LogP contribution in [0.1, 0.15) is 129 Å². The second kappa shape index (κ2) is 39.4. The van der Waals surface area contributed by atoms with E-state index in [1.165, 1.54) is 0 Å². The van der Waals surface area contributed by atoms with Gasteiger partial charge in [0.25, 0.3) is 0 Å². The Morgan fingerprint density at radius 2 is 1.03 bits per heavy atom. The number of hydrogen-bond donors (Lipinski definition) is 3. The van der Waals surface area contributed by atoms with Gasteiger partial charge in [-0.3, -0.25) is 13.8 Å². The second-order valence-electron chi connectivity index (χ2n) is 15.3. The summed E-state index contributed by atoms with van der Waals surface area (Å²) in [5.41, 5.74) is 0. The van der Waals surface area contributed by atoms with E-state index in [0.29, 0.717) is 23.9 Å². The monoisotopic (exact) mass is 826 g/mol. The lowest BCUT2D eigenvalue weighted by molar-refractivity contribution is -0.870. The third-order valence-corrected chi connectivity index (χ3v) is 9.67. The Bertz CT molecular complexity index is 1350. The zero-order valence-corrected chi connectivity index (χ0v) is 37.9. The van der Waals surface area contributed by atoms with Crippen LogP contribution in [0.15, 0.2) is 122 Å². The van der Waals surface area contributed by atoms with Crippen molar-refractivity contribution in [1.82, 2.24) is 5.32 Å². The van der Waals surface area contributed by atoms with Gasteiger partial charge in [-0.2, -0.15) is 0 Å². The van der Waals surface area contributed by atoms with E-state index in [2.05, 4.69) is 129 Å². The number of phosphoric acid groups is 1. The van der Waals surface area contributed by atoms with Crippen molar-refractivity contribution in [2.45, 2.75) is 142 Å². The van der Waals surface area contributed by atoms with E-state index in [4.69, 9.17) is 9.05 Å². The Balaban J connectivity index is 4.18. The minimum absolute atomic E-state index is 0.0461. The predicted molar refractivity (Wildman–Crippen MR) is 248 cm³/mol. The van der Waals surface area contributed by atoms with Gasteiger partial charge in [-0.05, 0) is 89.9 Å². The van der Waals surface area contributed by atoms with Crippen LogP contribution in [0, 0.1) is 0 Å². The first-order valence-electron chi connectivity index (χ1n) is 21.9. The molecule has 1 amide bonds. The first kappa shape index (κ1) is 54.9. The molecule has 0 aliphatic rings. The van der Waals surface area contributed by atoms with Crippen molar-refractivity contribution >= 4 is 13.7 Å². The average molecular weight is 826 g/mol. The molecule has 0 aromatic rings. The van der Waals surface area contributed by atoms with Gasteiger partial charge in [0.15, 0.2) is 0 Å². The molecular weight excluding hydrogens is 744 g/mol. The van der Waals surface area contributed by atoms with Gasteiger partial charge in [-0.1, -0.05) is 155 Å². The number of allylic oxidation sites excluding steroid dienone is 19. The number of quaternary nitrogens is 1. The van der Waals surface area contributed by atoms with Crippen molar-refractivity contribution in [2.75, 3.05) is 40.9 Å². The highest BCUT2D eigenvalue weighted by Gasteiger charge is 2.27. The number of likely N-dealkylation sites (N-methyl/N-ethyl adjacent to an activating group) is 1. The molecule has 0 rings (SSSR count). The molecule has 0 fully saturated rings. The predicted octanol–water partition coefficient (Wildman–Crippen LogP) is 12.3. The highest BCUT2D eigenvalue weighted by atomic mass is 31.2. The van der Waals surface area contributed by atoms with Crippen LogP contribution in [0.3, 0.4) is 0 Å². The number of phosphoric ester groups is 1. The highest BCUT2D eigenvalue weighted by molar-refractivity contribution is 7.47.